The highest BCUT2D eigenvalue weighted by Crippen LogP contribution is 2.53. The van der Waals surface area contributed by atoms with Gasteiger partial charge in [0.15, 0.2) is 0 Å². The van der Waals surface area contributed by atoms with E-state index in [4.69, 9.17) is 10.5 Å². The summed E-state index contributed by atoms with van der Waals surface area (Å²) >= 11 is 0. The molecule has 0 radical (unpaired) electrons. The lowest BCUT2D eigenvalue weighted by Gasteiger charge is -2.55. The molecule has 2 unspecified atom stereocenters. The number of hydrogen-bond donors (Lipinski definition) is 2. The third kappa shape index (κ3) is 1.66. The van der Waals surface area contributed by atoms with Gasteiger partial charge >= 0.3 is 0 Å². The molecule has 3 saturated carbocycles. The Hall–Kier alpha value is -0.120. The average molecular weight is 239 g/mol. The molecule has 17 heavy (non-hydrogen) atoms. The van der Waals surface area contributed by atoms with E-state index in [0.717, 1.165) is 12.3 Å². The van der Waals surface area contributed by atoms with Crippen molar-refractivity contribution in [3.8, 4) is 0 Å². The standard InChI is InChI=1S/C14H25NO2/c1-12(2)8-13(16,9-17-12)14(15)7-10-3-5-11(14)6-4-10/h10-11,16H,3-9,15H2,1-2H3. The highest BCUT2D eigenvalue weighted by atomic mass is 16.5. The number of hydrogen-bond acceptors (Lipinski definition) is 3. The van der Waals surface area contributed by atoms with Crippen LogP contribution in [0.3, 0.4) is 0 Å². The van der Waals surface area contributed by atoms with Crippen molar-refractivity contribution >= 4 is 0 Å². The maximum absolute atomic E-state index is 11.0. The van der Waals surface area contributed by atoms with E-state index in [1.807, 2.05) is 0 Å². The van der Waals surface area contributed by atoms with Crippen molar-refractivity contribution in [1.29, 1.82) is 0 Å². The van der Waals surface area contributed by atoms with Gasteiger partial charge < -0.3 is 15.6 Å². The zero-order valence-electron chi connectivity index (χ0n) is 11.0. The fraction of sp³-hybridized carbons (Fsp3) is 1.00. The molecule has 3 N–H and O–H groups in total. The fourth-order valence-corrected chi connectivity index (χ4v) is 4.52. The maximum atomic E-state index is 11.0. The number of fused-ring (bicyclic) bond motifs is 3. The quantitative estimate of drug-likeness (QED) is 0.734. The molecule has 2 atom stereocenters. The van der Waals surface area contributed by atoms with Crippen molar-refractivity contribution in [1.82, 2.24) is 0 Å². The molecule has 1 saturated heterocycles. The highest BCUT2D eigenvalue weighted by molar-refractivity contribution is 5.15. The van der Waals surface area contributed by atoms with Gasteiger partial charge in [-0.05, 0) is 44.9 Å². The molecular formula is C14H25NO2. The molecule has 1 heterocycles. The van der Waals surface area contributed by atoms with E-state index in [1.165, 1.54) is 25.7 Å². The van der Waals surface area contributed by atoms with Crippen LogP contribution in [0, 0.1) is 11.8 Å². The van der Waals surface area contributed by atoms with E-state index in [0.29, 0.717) is 18.9 Å². The topological polar surface area (TPSA) is 55.5 Å². The van der Waals surface area contributed by atoms with Gasteiger partial charge in [-0.15, -0.1) is 0 Å². The Bertz CT molecular complexity index is 322. The average Bonchev–Trinajstić information content (AvgIpc) is 2.56. The Kier molecular flexibility index (Phi) is 2.43. The van der Waals surface area contributed by atoms with Gasteiger partial charge in [0, 0.05) is 6.42 Å². The Morgan fingerprint density at radius 2 is 1.82 bits per heavy atom. The molecular weight excluding hydrogens is 214 g/mol. The molecule has 0 aromatic heterocycles. The molecule has 0 amide bonds. The number of aliphatic hydroxyl groups is 1. The summed E-state index contributed by atoms with van der Waals surface area (Å²) in [6, 6.07) is 0. The van der Waals surface area contributed by atoms with Crippen molar-refractivity contribution in [2.75, 3.05) is 6.61 Å². The van der Waals surface area contributed by atoms with Crippen LogP contribution in [0.15, 0.2) is 0 Å². The number of rotatable bonds is 1. The number of ether oxygens (including phenoxy) is 1. The third-order valence-electron chi connectivity index (χ3n) is 5.49. The molecule has 3 aliphatic carbocycles. The van der Waals surface area contributed by atoms with Gasteiger partial charge in [0.05, 0.1) is 17.7 Å². The van der Waals surface area contributed by atoms with Gasteiger partial charge in [0.25, 0.3) is 0 Å². The first-order chi connectivity index (χ1) is 7.85. The number of nitrogens with two attached hydrogens (primary N) is 1. The second-order valence-corrected chi connectivity index (χ2v) is 7.22. The van der Waals surface area contributed by atoms with E-state index in [1.54, 1.807) is 0 Å². The van der Waals surface area contributed by atoms with E-state index >= 15 is 0 Å². The molecule has 3 heteroatoms. The smallest absolute Gasteiger partial charge is 0.109 e. The normalized spacial score (nSPS) is 52.9. The third-order valence-corrected chi connectivity index (χ3v) is 5.49. The van der Waals surface area contributed by atoms with Crippen LogP contribution < -0.4 is 5.73 Å². The predicted octanol–water partition coefficient (Wildman–Crippen LogP) is 1.82. The van der Waals surface area contributed by atoms with E-state index in [9.17, 15) is 5.11 Å². The van der Waals surface area contributed by atoms with Crippen molar-refractivity contribution in [3.63, 3.8) is 0 Å². The summed E-state index contributed by atoms with van der Waals surface area (Å²) in [4.78, 5) is 0. The summed E-state index contributed by atoms with van der Waals surface area (Å²) in [6.45, 7) is 4.52. The molecule has 4 fully saturated rings. The van der Waals surface area contributed by atoms with Crippen LogP contribution in [0.25, 0.3) is 0 Å². The van der Waals surface area contributed by atoms with Gasteiger partial charge in [0.1, 0.15) is 5.60 Å². The molecule has 0 spiro atoms. The lowest BCUT2D eigenvalue weighted by molar-refractivity contribution is -0.106. The van der Waals surface area contributed by atoms with E-state index < -0.39 is 11.1 Å². The summed E-state index contributed by atoms with van der Waals surface area (Å²) in [6.07, 6.45) is 6.69. The molecule has 2 bridgehead atoms. The zero-order chi connectivity index (χ0) is 12.3. The monoisotopic (exact) mass is 239 g/mol. The van der Waals surface area contributed by atoms with Crippen LogP contribution in [0.2, 0.25) is 0 Å². The molecule has 98 valence electrons. The second kappa shape index (κ2) is 3.46. The minimum atomic E-state index is -0.805. The van der Waals surface area contributed by atoms with Gasteiger partial charge in [-0.3, -0.25) is 0 Å². The van der Waals surface area contributed by atoms with Gasteiger partial charge in [-0.1, -0.05) is 12.8 Å². The highest BCUT2D eigenvalue weighted by Gasteiger charge is 2.60. The largest absolute Gasteiger partial charge is 0.385 e. The van der Waals surface area contributed by atoms with Crippen molar-refractivity contribution in [2.24, 2.45) is 17.6 Å². The van der Waals surface area contributed by atoms with Crippen LogP contribution in [-0.2, 0) is 4.74 Å². The Labute approximate surface area is 104 Å². The zero-order valence-corrected chi connectivity index (χ0v) is 11.0. The van der Waals surface area contributed by atoms with Crippen LogP contribution in [0.5, 0.6) is 0 Å². The van der Waals surface area contributed by atoms with Crippen molar-refractivity contribution < 1.29 is 9.84 Å². The molecule has 4 aliphatic rings. The molecule has 0 aromatic rings. The SMILES string of the molecule is CC1(C)CC(O)(C2(N)CC3CCC2CC3)CO1. The fourth-order valence-electron chi connectivity index (χ4n) is 4.52. The van der Waals surface area contributed by atoms with Crippen LogP contribution in [0.1, 0.15) is 52.4 Å². The Morgan fingerprint density at radius 3 is 2.24 bits per heavy atom. The lowest BCUT2D eigenvalue weighted by Crippen LogP contribution is -2.69. The van der Waals surface area contributed by atoms with E-state index in [2.05, 4.69) is 13.8 Å². The molecule has 4 rings (SSSR count). The van der Waals surface area contributed by atoms with Gasteiger partial charge in [-0.2, -0.15) is 0 Å². The minimum absolute atomic E-state index is 0.224. The van der Waals surface area contributed by atoms with E-state index in [-0.39, 0.29) is 5.60 Å². The molecule has 0 aromatic carbocycles. The first-order valence-electron chi connectivity index (χ1n) is 7.00. The minimum Gasteiger partial charge on any atom is -0.385 e. The Morgan fingerprint density at radius 1 is 1.18 bits per heavy atom. The summed E-state index contributed by atoms with van der Waals surface area (Å²) < 4.78 is 5.75. The lowest BCUT2D eigenvalue weighted by atomic mass is 9.54. The van der Waals surface area contributed by atoms with Crippen LogP contribution in [-0.4, -0.2) is 28.5 Å². The Balaban J connectivity index is 1.88. The first kappa shape index (κ1) is 11.9. The van der Waals surface area contributed by atoms with Gasteiger partial charge in [0.2, 0.25) is 0 Å². The van der Waals surface area contributed by atoms with Crippen LogP contribution >= 0.6 is 0 Å². The molecule has 1 aliphatic heterocycles. The predicted molar refractivity (Wildman–Crippen MR) is 66.6 cm³/mol. The summed E-state index contributed by atoms with van der Waals surface area (Å²) in [5.74, 6) is 1.23. The van der Waals surface area contributed by atoms with Crippen molar-refractivity contribution in [2.45, 2.75) is 69.1 Å². The molecule has 3 nitrogen and oxygen atoms in total. The van der Waals surface area contributed by atoms with Crippen molar-refractivity contribution in [3.05, 3.63) is 0 Å². The summed E-state index contributed by atoms with van der Waals surface area (Å²) in [5, 5.41) is 11.0. The summed E-state index contributed by atoms with van der Waals surface area (Å²) in [5.41, 5.74) is 5.24. The summed E-state index contributed by atoms with van der Waals surface area (Å²) in [7, 11) is 0. The van der Waals surface area contributed by atoms with Gasteiger partial charge in [-0.25, -0.2) is 0 Å². The maximum Gasteiger partial charge on any atom is 0.109 e. The first-order valence-corrected chi connectivity index (χ1v) is 7.00. The second-order valence-electron chi connectivity index (χ2n) is 7.22. The van der Waals surface area contributed by atoms with Crippen LogP contribution in [0.4, 0.5) is 0 Å².